The Hall–Kier alpha value is -1.00. The third-order valence-corrected chi connectivity index (χ3v) is 3.04. The number of ether oxygens (including phenoxy) is 1. The number of nitrogens with one attached hydrogen (secondary N) is 1. The molecule has 4 nitrogen and oxygen atoms in total. The second-order valence-corrected chi connectivity index (χ2v) is 4.81. The van der Waals surface area contributed by atoms with E-state index in [0.29, 0.717) is 5.92 Å². The number of hydrogen-bond acceptors (Lipinski definition) is 4. The summed E-state index contributed by atoms with van der Waals surface area (Å²) in [6.07, 6.45) is 5.88. The van der Waals surface area contributed by atoms with Gasteiger partial charge in [0.15, 0.2) is 0 Å². The number of hydrogen-bond donors (Lipinski definition) is 1. The van der Waals surface area contributed by atoms with Crippen LogP contribution in [0.1, 0.15) is 44.1 Å². The van der Waals surface area contributed by atoms with Gasteiger partial charge in [-0.1, -0.05) is 13.8 Å². The van der Waals surface area contributed by atoms with Crippen molar-refractivity contribution >= 4 is 0 Å². The Bertz CT molecular complexity index is 326. The number of aromatic nitrogens is 2. The van der Waals surface area contributed by atoms with Crippen LogP contribution >= 0.6 is 0 Å². The van der Waals surface area contributed by atoms with Crippen LogP contribution in [0.2, 0.25) is 0 Å². The first-order valence-corrected chi connectivity index (χ1v) is 6.69. The van der Waals surface area contributed by atoms with Crippen LogP contribution in [0.5, 0.6) is 0 Å². The molecule has 0 aliphatic heterocycles. The van der Waals surface area contributed by atoms with E-state index in [4.69, 9.17) is 4.74 Å². The van der Waals surface area contributed by atoms with Gasteiger partial charge in [-0.15, -0.1) is 0 Å². The van der Waals surface area contributed by atoms with Crippen molar-refractivity contribution in [1.82, 2.24) is 15.3 Å². The van der Waals surface area contributed by atoms with Crippen LogP contribution in [-0.2, 0) is 4.74 Å². The van der Waals surface area contributed by atoms with Gasteiger partial charge in [0.2, 0.25) is 0 Å². The molecule has 0 aromatic carbocycles. The molecule has 2 unspecified atom stereocenters. The fourth-order valence-corrected chi connectivity index (χ4v) is 1.88. The van der Waals surface area contributed by atoms with E-state index in [9.17, 15) is 0 Å². The standard InChI is InChI=1S/C14H25N3O/c1-5-7-15-13(12(3)6-8-18-4)14-16-9-11(2)10-17-14/h9-10,12-13,15H,5-8H2,1-4H3. The smallest absolute Gasteiger partial charge is 0.145 e. The second-order valence-electron chi connectivity index (χ2n) is 4.81. The van der Waals surface area contributed by atoms with Gasteiger partial charge in [-0.25, -0.2) is 9.97 Å². The SMILES string of the molecule is CCCNC(c1ncc(C)cn1)C(C)CCOC. The molecule has 0 bridgehead atoms. The Labute approximate surface area is 110 Å². The number of nitrogens with zero attached hydrogens (tertiary/aromatic N) is 2. The van der Waals surface area contributed by atoms with Crippen molar-refractivity contribution in [1.29, 1.82) is 0 Å². The van der Waals surface area contributed by atoms with E-state index in [-0.39, 0.29) is 6.04 Å². The van der Waals surface area contributed by atoms with Crippen LogP contribution in [0, 0.1) is 12.8 Å². The monoisotopic (exact) mass is 251 g/mol. The zero-order valence-electron chi connectivity index (χ0n) is 11.9. The lowest BCUT2D eigenvalue weighted by molar-refractivity contribution is 0.169. The largest absolute Gasteiger partial charge is 0.385 e. The van der Waals surface area contributed by atoms with Crippen molar-refractivity contribution in [2.24, 2.45) is 5.92 Å². The zero-order valence-corrected chi connectivity index (χ0v) is 11.9. The highest BCUT2D eigenvalue weighted by molar-refractivity contribution is 5.05. The molecule has 1 rings (SSSR count). The third kappa shape index (κ3) is 4.70. The van der Waals surface area contributed by atoms with Gasteiger partial charge in [0.05, 0.1) is 6.04 Å². The summed E-state index contributed by atoms with van der Waals surface area (Å²) >= 11 is 0. The van der Waals surface area contributed by atoms with Crippen LogP contribution in [0.15, 0.2) is 12.4 Å². The molecule has 1 N–H and O–H groups in total. The molecule has 0 fully saturated rings. The number of rotatable bonds is 8. The van der Waals surface area contributed by atoms with E-state index in [2.05, 4.69) is 29.1 Å². The van der Waals surface area contributed by atoms with Crippen LogP contribution in [0.25, 0.3) is 0 Å². The maximum atomic E-state index is 5.15. The average molecular weight is 251 g/mol. The lowest BCUT2D eigenvalue weighted by atomic mass is 9.97. The Kier molecular flexibility index (Phi) is 6.83. The van der Waals surface area contributed by atoms with Crippen LogP contribution in [0.4, 0.5) is 0 Å². The average Bonchev–Trinajstić information content (AvgIpc) is 2.38. The summed E-state index contributed by atoms with van der Waals surface area (Å²) in [4.78, 5) is 8.89. The van der Waals surface area contributed by atoms with E-state index in [0.717, 1.165) is 37.4 Å². The van der Waals surface area contributed by atoms with Gasteiger partial charge >= 0.3 is 0 Å². The normalized spacial score (nSPS) is 14.4. The van der Waals surface area contributed by atoms with Gasteiger partial charge in [-0.3, -0.25) is 0 Å². The predicted molar refractivity (Wildman–Crippen MR) is 73.5 cm³/mol. The first-order valence-electron chi connectivity index (χ1n) is 6.69. The van der Waals surface area contributed by atoms with Gasteiger partial charge in [0.25, 0.3) is 0 Å². The van der Waals surface area contributed by atoms with Crippen LogP contribution in [-0.4, -0.2) is 30.2 Å². The summed E-state index contributed by atoms with van der Waals surface area (Å²) in [5.41, 5.74) is 1.09. The molecule has 102 valence electrons. The molecule has 4 heteroatoms. The maximum Gasteiger partial charge on any atom is 0.145 e. The van der Waals surface area contributed by atoms with Crippen LogP contribution < -0.4 is 5.32 Å². The van der Waals surface area contributed by atoms with Crippen molar-refractivity contribution in [3.63, 3.8) is 0 Å². The van der Waals surface area contributed by atoms with E-state index in [1.807, 2.05) is 19.3 Å². The summed E-state index contributed by atoms with van der Waals surface area (Å²) in [7, 11) is 1.74. The molecule has 0 spiro atoms. The lowest BCUT2D eigenvalue weighted by Crippen LogP contribution is -2.30. The molecule has 2 atom stereocenters. The van der Waals surface area contributed by atoms with Gasteiger partial charge in [0, 0.05) is 26.1 Å². The molecule has 0 aliphatic carbocycles. The minimum absolute atomic E-state index is 0.209. The van der Waals surface area contributed by atoms with E-state index >= 15 is 0 Å². The molecule has 18 heavy (non-hydrogen) atoms. The van der Waals surface area contributed by atoms with Crippen molar-refractivity contribution in [2.45, 2.75) is 39.7 Å². The summed E-state index contributed by atoms with van der Waals surface area (Å²) in [6.45, 7) is 8.15. The zero-order chi connectivity index (χ0) is 13.4. The highest BCUT2D eigenvalue weighted by Gasteiger charge is 2.20. The topological polar surface area (TPSA) is 47.0 Å². The minimum atomic E-state index is 0.209. The molecule has 1 aromatic heterocycles. The molecular formula is C14H25N3O. The molecule has 0 aliphatic rings. The van der Waals surface area contributed by atoms with Crippen molar-refractivity contribution in [3.8, 4) is 0 Å². The molecule has 0 saturated carbocycles. The van der Waals surface area contributed by atoms with E-state index < -0.39 is 0 Å². The Morgan fingerprint density at radius 2 is 2.00 bits per heavy atom. The van der Waals surface area contributed by atoms with Gasteiger partial charge < -0.3 is 10.1 Å². The summed E-state index contributed by atoms with van der Waals surface area (Å²) in [5.74, 6) is 1.34. The fraction of sp³-hybridized carbons (Fsp3) is 0.714. The summed E-state index contributed by atoms with van der Waals surface area (Å²) in [6, 6.07) is 0.209. The van der Waals surface area contributed by atoms with Crippen molar-refractivity contribution < 1.29 is 4.74 Å². The highest BCUT2D eigenvalue weighted by Crippen LogP contribution is 2.21. The van der Waals surface area contributed by atoms with E-state index in [1.165, 1.54) is 0 Å². The van der Waals surface area contributed by atoms with Gasteiger partial charge in [0.1, 0.15) is 5.82 Å². The molecular weight excluding hydrogens is 226 g/mol. The van der Waals surface area contributed by atoms with E-state index in [1.54, 1.807) is 7.11 Å². The Morgan fingerprint density at radius 3 is 2.56 bits per heavy atom. The number of methoxy groups -OCH3 is 1. The second kappa shape index (κ2) is 8.16. The Morgan fingerprint density at radius 1 is 1.33 bits per heavy atom. The molecule has 0 radical (unpaired) electrons. The number of aryl methyl sites for hydroxylation is 1. The highest BCUT2D eigenvalue weighted by atomic mass is 16.5. The summed E-state index contributed by atoms with van der Waals surface area (Å²) < 4.78 is 5.15. The third-order valence-electron chi connectivity index (χ3n) is 3.04. The molecule has 0 amide bonds. The quantitative estimate of drug-likeness (QED) is 0.771. The first kappa shape index (κ1) is 15.1. The predicted octanol–water partition coefficient (Wildman–Crippen LogP) is 2.50. The molecule has 0 saturated heterocycles. The maximum absolute atomic E-state index is 5.15. The summed E-state index contributed by atoms with van der Waals surface area (Å²) in [5, 5.41) is 3.53. The van der Waals surface area contributed by atoms with Crippen molar-refractivity contribution in [3.05, 3.63) is 23.8 Å². The fourth-order valence-electron chi connectivity index (χ4n) is 1.88. The minimum Gasteiger partial charge on any atom is -0.385 e. The van der Waals surface area contributed by atoms with Gasteiger partial charge in [-0.2, -0.15) is 0 Å². The first-order chi connectivity index (χ1) is 8.69. The van der Waals surface area contributed by atoms with Crippen molar-refractivity contribution in [2.75, 3.05) is 20.3 Å². The Balaban J connectivity index is 2.73. The van der Waals surface area contributed by atoms with Gasteiger partial charge in [-0.05, 0) is 37.8 Å². The molecule has 1 aromatic rings. The molecule has 1 heterocycles. The van der Waals surface area contributed by atoms with Crippen LogP contribution in [0.3, 0.4) is 0 Å². The lowest BCUT2D eigenvalue weighted by Gasteiger charge is -2.23.